The van der Waals surface area contributed by atoms with Crippen LogP contribution in [-0.2, 0) is 54.6 Å². The minimum Gasteiger partial charge on any atom is -0.372 e. The van der Waals surface area contributed by atoms with E-state index in [0.717, 1.165) is 16.8 Å². The molecule has 0 aliphatic carbocycles. The van der Waals surface area contributed by atoms with Crippen LogP contribution in [0.2, 0.25) is 0 Å². The average molecular weight is 971 g/mol. The number of rotatable bonds is 6. The molecule has 19 heteroatoms. The molecule has 0 saturated carbocycles. The minimum atomic E-state index is -1.73. The third-order valence-electron chi connectivity index (χ3n) is 14.4. The Balaban J connectivity index is 0.000000176. The highest BCUT2D eigenvalue weighted by atomic mass is 19.1. The smallest absolute Gasteiger partial charge is 0.328 e. The molecule has 71 heavy (non-hydrogen) atoms. The zero-order valence-electron chi connectivity index (χ0n) is 40.1. The highest BCUT2D eigenvalue weighted by molar-refractivity contribution is 6.21. The van der Waals surface area contributed by atoms with Crippen LogP contribution >= 0.6 is 0 Å². The zero-order chi connectivity index (χ0) is 50.7. The summed E-state index contributed by atoms with van der Waals surface area (Å²) in [5.41, 5.74) is 1.39. The predicted octanol–water partition coefficient (Wildman–Crippen LogP) is 3.84. The number of morpholine rings is 2. The fraction of sp³-hybridized carbons (Fsp3) is 0.385. The predicted molar refractivity (Wildman–Crippen MR) is 255 cm³/mol. The number of fused-ring (bicyclic) bond motifs is 8. The van der Waals surface area contributed by atoms with Gasteiger partial charge < -0.3 is 29.1 Å². The summed E-state index contributed by atoms with van der Waals surface area (Å²) in [6, 6.07) is 24.1. The van der Waals surface area contributed by atoms with Crippen molar-refractivity contribution < 1.29 is 52.2 Å². The highest BCUT2D eigenvalue weighted by Crippen LogP contribution is 2.49. The molecule has 0 aromatic heterocycles. The lowest BCUT2D eigenvalue weighted by molar-refractivity contribution is -0.154. The number of halogens is 1. The molecule has 4 N–H and O–H groups in total. The van der Waals surface area contributed by atoms with E-state index in [4.69, 9.17) is 9.47 Å². The van der Waals surface area contributed by atoms with Gasteiger partial charge in [0, 0.05) is 63.5 Å². The molecule has 4 aromatic rings. The summed E-state index contributed by atoms with van der Waals surface area (Å²) in [5, 5.41) is 8.97. The normalized spacial score (nSPS) is 24.7. The lowest BCUT2D eigenvalue weighted by Gasteiger charge is -2.55. The Bertz CT molecular complexity index is 2820. The number of hydrogen-bond acceptors (Lipinski definition) is 12. The summed E-state index contributed by atoms with van der Waals surface area (Å²) in [6.45, 7) is 8.82. The number of carbonyl (C=O) groups is 8. The van der Waals surface area contributed by atoms with E-state index in [1.54, 1.807) is 49.0 Å². The summed E-state index contributed by atoms with van der Waals surface area (Å²) >= 11 is 0. The Morgan fingerprint density at radius 3 is 1.51 bits per heavy atom. The number of barbiturate groups is 2. The van der Waals surface area contributed by atoms with Gasteiger partial charge in [-0.1, -0.05) is 60.7 Å². The van der Waals surface area contributed by atoms with Crippen molar-refractivity contribution in [3.8, 4) is 0 Å². The van der Waals surface area contributed by atoms with Crippen LogP contribution in [0.3, 0.4) is 0 Å². The Kier molecular flexibility index (Phi) is 12.8. The second-order valence-electron chi connectivity index (χ2n) is 19.4. The lowest BCUT2D eigenvalue weighted by atomic mass is 9.66. The van der Waals surface area contributed by atoms with Crippen molar-refractivity contribution in [1.29, 1.82) is 0 Å². The van der Waals surface area contributed by atoms with Gasteiger partial charge in [-0.15, -0.1) is 0 Å². The van der Waals surface area contributed by atoms with Crippen molar-refractivity contribution in [2.45, 2.75) is 90.1 Å². The van der Waals surface area contributed by atoms with E-state index in [0.29, 0.717) is 36.3 Å². The van der Waals surface area contributed by atoms with Crippen LogP contribution < -0.4 is 31.1 Å². The Morgan fingerprint density at radius 1 is 0.592 bits per heavy atom. The second kappa shape index (κ2) is 18.7. The summed E-state index contributed by atoms with van der Waals surface area (Å²) in [5.74, 6) is -3.99. The third-order valence-corrected chi connectivity index (χ3v) is 14.4. The molecular formula is C52H55FN8O10. The fourth-order valence-corrected chi connectivity index (χ4v) is 11.5. The number of amides is 10. The van der Waals surface area contributed by atoms with Crippen LogP contribution in [0.25, 0.3) is 0 Å². The SMILES string of the molecule is C[C@@H]1CN2c3c(F)cc(C(=O)N(C)Cc4ccccc4)cc3CC3(C(=O)NC(=O)NC3=O)[C@H]2[C@H](C)O1.C[C@@H]1CN2c3ccc(C(=O)N(C)Cc4ccccc4)cc3CC3(C(=O)NC(=O)NC3=O)[C@H]2[C@H](C)O1. The Hall–Kier alpha value is -7.51. The molecule has 6 heterocycles. The minimum absolute atomic E-state index is 0.0556. The first-order valence-corrected chi connectivity index (χ1v) is 23.5. The van der Waals surface area contributed by atoms with Crippen molar-refractivity contribution >= 4 is 58.9 Å². The van der Waals surface area contributed by atoms with Crippen molar-refractivity contribution in [2.24, 2.45) is 10.8 Å². The first-order chi connectivity index (χ1) is 33.8. The van der Waals surface area contributed by atoms with Gasteiger partial charge in [0.25, 0.3) is 11.8 Å². The largest absolute Gasteiger partial charge is 0.372 e. The molecule has 10 rings (SSSR count). The summed E-state index contributed by atoms with van der Waals surface area (Å²) in [7, 11) is 3.37. The highest BCUT2D eigenvalue weighted by Gasteiger charge is 2.64. The number of ether oxygens (including phenoxy) is 2. The van der Waals surface area contributed by atoms with Gasteiger partial charge in [-0.25, -0.2) is 14.0 Å². The van der Waals surface area contributed by atoms with Crippen molar-refractivity contribution in [3.05, 3.63) is 130 Å². The number of urea groups is 2. The quantitative estimate of drug-likeness (QED) is 0.203. The van der Waals surface area contributed by atoms with Gasteiger partial charge in [0.1, 0.15) is 5.82 Å². The molecule has 0 bridgehead atoms. The van der Waals surface area contributed by atoms with Gasteiger partial charge in [-0.2, -0.15) is 0 Å². The summed E-state index contributed by atoms with van der Waals surface area (Å²) < 4.78 is 27.7. The maximum atomic E-state index is 15.7. The number of benzene rings is 4. The fourth-order valence-electron chi connectivity index (χ4n) is 11.5. The van der Waals surface area contributed by atoms with Crippen molar-refractivity contribution in [1.82, 2.24) is 31.1 Å². The topological polar surface area (TPSA) is 216 Å². The van der Waals surface area contributed by atoms with Gasteiger partial charge in [0.15, 0.2) is 10.8 Å². The number of nitrogens with zero attached hydrogens (tertiary/aromatic N) is 4. The molecule has 4 fully saturated rings. The van der Waals surface area contributed by atoms with Gasteiger partial charge in [0.2, 0.25) is 23.6 Å². The van der Waals surface area contributed by atoms with Crippen LogP contribution in [0, 0.1) is 16.6 Å². The van der Waals surface area contributed by atoms with E-state index in [2.05, 4.69) is 21.3 Å². The second-order valence-corrected chi connectivity index (χ2v) is 19.4. The van der Waals surface area contributed by atoms with Crippen molar-refractivity contribution in [3.63, 3.8) is 0 Å². The molecule has 18 nitrogen and oxygen atoms in total. The number of hydrogen-bond donors (Lipinski definition) is 4. The van der Waals surface area contributed by atoms with Gasteiger partial charge in [-0.3, -0.25) is 50.0 Å². The maximum absolute atomic E-state index is 15.7. The molecule has 4 aromatic carbocycles. The Labute approximate surface area is 409 Å². The van der Waals surface area contributed by atoms with Crippen LogP contribution in [0.15, 0.2) is 91.0 Å². The number of anilines is 2. The molecule has 4 saturated heterocycles. The Morgan fingerprint density at radius 2 is 1.01 bits per heavy atom. The van der Waals surface area contributed by atoms with Crippen LogP contribution in [0.1, 0.15) is 70.7 Å². The van der Waals surface area contributed by atoms with Crippen LogP contribution in [0.4, 0.5) is 25.4 Å². The molecule has 370 valence electrons. The van der Waals surface area contributed by atoms with E-state index < -0.39 is 82.5 Å². The van der Waals surface area contributed by atoms with Crippen LogP contribution in [-0.4, -0.2) is 121 Å². The van der Waals surface area contributed by atoms with E-state index in [-0.39, 0.29) is 48.8 Å². The molecule has 10 amide bonds. The van der Waals surface area contributed by atoms with E-state index in [1.807, 2.05) is 92.4 Å². The summed E-state index contributed by atoms with van der Waals surface area (Å²) in [6.07, 6.45) is -1.59. The number of carbonyl (C=O) groups excluding carboxylic acids is 8. The first-order valence-electron chi connectivity index (χ1n) is 23.5. The molecule has 0 unspecified atom stereocenters. The van der Waals surface area contributed by atoms with E-state index in [9.17, 15) is 38.4 Å². The zero-order valence-corrected chi connectivity index (χ0v) is 40.1. The van der Waals surface area contributed by atoms with Gasteiger partial charge >= 0.3 is 12.1 Å². The van der Waals surface area contributed by atoms with Crippen molar-refractivity contribution in [2.75, 3.05) is 37.0 Å². The van der Waals surface area contributed by atoms with Gasteiger partial charge in [-0.05, 0) is 86.7 Å². The third kappa shape index (κ3) is 8.55. The standard InChI is InChI=1S/C26H27FN4O5.C26H28N4O5/c1-14-12-31-20-18(11-26(21(31)15(2)36-14)23(33)28-25(35)29-24(26)34)9-17(10-19(20)27)22(32)30(3)13-16-7-5-4-6-8-16;1-15-13-30-20-10-9-18(22(31)29(3)14-17-7-5-4-6-8-17)11-19(20)12-26(21(30)16(2)35-15)23(32)27-25(34)28-24(26)33/h4-10,14-15,21H,11-13H2,1-3H3,(H2,28,29,33,34,35);4-11,15-16,21H,12-14H2,1-3H3,(H2,27,28,32,33,34)/t14-,15+,21-;15-,16+,21-/m11/s1. The lowest BCUT2D eigenvalue weighted by Crippen LogP contribution is -2.75. The molecular weight excluding hydrogens is 916 g/mol. The first kappa shape index (κ1) is 48.5. The molecule has 6 aliphatic rings. The number of nitrogens with one attached hydrogen (secondary N) is 4. The van der Waals surface area contributed by atoms with E-state index >= 15 is 4.39 Å². The average Bonchev–Trinajstić information content (AvgIpc) is 3.32. The van der Waals surface area contributed by atoms with Gasteiger partial charge in [0.05, 0.1) is 42.2 Å². The number of imide groups is 4. The molecule has 6 aliphatic heterocycles. The maximum Gasteiger partial charge on any atom is 0.328 e. The van der Waals surface area contributed by atoms with E-state index in [1.165, 1.54) is 11.0 Å². The van der Waals surface area contributed by atoms with Crippen LogP contribution in [0.5, 0.6) is 0 Å². The monoisotopic (exact) mass is 970 g/mol. The molecule has 2 spiro atoms. The molecule has 0 radical (unpaired) electrons. The summed E-state index contributed by atoms with van der Waals surface area (Å²) in [4.78, 5) is 110. The molecule has 6 atom stereocenters.